The number of hydrogen-bond donors (Lipinski definition) is 2. The fraction of sp³-hybridized carbons (Fsp3) is 0.222. The van der Waals surface area contributed by atoms with Gasteiger partial charge < -0.3 is 19.5 Å². The van der Waals surface area contributed by atoms with Gasteiger partial charge in [-0.15, -0.1) is 0 Å². The molecule has 1 unspecified atom stereocenters. The molecule has 0 fully saturated rings. The van der Waals surface area contributed by atoms with Gasteiger partial charge in [-0.25, -0.2) is 9.18 Å². The molecule has 0 spiro atoms. The highest BCUT2D eigenvalue weighted by atomic mass is 35.5. The van der Waals surface area contributed by atoms with Crippen LogP contribution in [-0.2, 0) is 15.8 Å². The van der Waals surface area contributed by atoms with E-state index in [1.807, 2.05) is 17.6 Å². The van der Waals surface area contributed by atoms with E-state index in [-0.39, 0.29) is 16.3 Å². The van der Waals surface area contributed by atoms with Gasteiger partial charge >= 0.3 is 5.97 Å². The fourth-order valence-corrected chi connectivity index (χ4v) is 5.12. The lowest BCUT2D eigenvalue weighted by atomic mass is 9.75. The first-order valence-electron chi connectivity index (χ1n) is 10.8. The number of carboxylic acids is 1. The number of aromatic hydroxyl groups is 1. The summed E-state index contributed by atoms with van der Waals surface area (Å²) in [5.74, 6) is -1.43. The normalized spacial score (nSPS) is 19.2. The summed E-state index contributed by atoms with van der Waals surface area (Å²) in [7, 11) is 0. The lowest BCUT2D eigenvalue weighted by Crippen LogP contribution is -2.43. The van der Waals surface area contributed by atoms with Gasteiger partial charge in [0.25, 0.3) is 0 Å². The van der Waals surface area contributed by atoms with Gasteiger partial charge in [-0.3, -0.25) is 0 Å². The number of halogens is 2. The summed E-state index contributed by atoms with van der Waals surface area (Å²) in [6.07, 6.45) is 0. The number of phenols is 1. The van der Waals surface area contributed by atoms with Crippen LogP contribution in [0.1, 0.15) is 48.0 Å². The van der Waals surface area contributed by atoms with Gasteiger partial charge in [0, 0.05) is 27.7 Å². The Labute approximate surface area is 201 Å². The lowest BCUT2D eigenvalue weighted by molar-refractivity contribution is -0.0437. The minimum absolute atomic E-state index is 0.00476. The summed E-state index contributed by atoms with van der Waals surface area (Å²) in [6, 6.07) is 16.4. The number of fused-ring (bicyclic) bond motifs is 3. The molecule has 1 aliphatic rings. The first-order chi connectivity index (χ1) is 16.0. The van der Waals surface area contributed by atoms with Crippen LogP contribution in [0.4, 0.5) is 4.39 Å². The van der Waals surface area contributed by atoms with Gasteiger partial charge in [-0.2, -0.15) is 0 Å². The van der Waals surface area contributed by atoms with E-state index >= 15 is 0 Å². The zero-order valence-electron chi connectivity index (χ0n) is 18.9. The monoisotopic (exact) mass is 479 g/mol. The van der Waals surface area contributed by atoms with Crippen molar-refractivity contribution in [2.24, 2.45) is 0 Å². The van der Waals surface area contributed by atoms with E-state index in [0.717, 1.165) is 22.3 Å². The second-order valence-electron chi connectivity index (χ2n) is 9.42. The summed E-state index contributed by atoms with van der Waals surface area (Å²) in [6.45, 7) is 6.39. The van der Waals surface area contributed by atoms with Crippen molar-refractivity contribution in [1.29, 1.82) is 0 Å². The van der Waals surface area contributed by atoms with Crippen molar-refractivity contribution in [3.05, 3.63) is 93.9 Å². The maximum absolute atomic E-state index is 14.0. The van der Waals surface area contributed by atoms with Crippen molar-refractivity contribution in [3.63, 3.8) is 0 Å². The number of rotatable bonds is 3. The van der Waals surface area contributed by atoms with Crippen molar-refractivity contribution >= 4 is 28.5 Å². The van der Waals surface area contributed by atoms with Gasteiger partial charge in [0.05, 0.1) is 22.7 Å². The number of carbonyl (C=O) groups is 1. The molecule has 0 amide bonds. The van der Waals surface area contributed by atoms with Gasteiger partial charge in [0.1, 0.15) is 17.2 Å². The molecule has 0 aliphatic carbocycles. The number of hydrogen-bond acceptors (Lipinski definition) is 3. The van der Waals surface area contributed by atoms with Gasteiger partial charge in [-0.1, -0.05) is 43.6 Å². The first-order valence-corrected chi connectivity index (χ1v) is 11.2. The number of nitrogens with zero attached hydrogens (tertiary/aromatic N) is 1. The molecule has 0 bridgehead atoms. The Morgan fingerprint density at radius 3 is 2.44 bits per heavy atom. The largest absolute Gasteiger partial charge is 0.507 e. The van der Waals surface area contributed by atoms with E-state index in [1.165, 1.54) is 6.07 Å². The van der Waals surface area contributed by atoms with E-state index in [2.05, 4.69) is 13.8 Å². The van der Waals surface area contributed by atoms with Crippen molar-refractivity contribution in [2.45, 2.75) is 31.8 Å². The Balaban J connectivity index is 1.89. The van der Waals surface area contributed by atoms with E-state index in [0.29, 0.717) is 17.7 Å². The standard InChI is InChI=1S/C27H23ClFNO4/c1-26(2)14-34-27(3,16-9-7-15(8-10-16)25(32)33)23-22-20(5-4-6-21(22)31)30(24(23)26)17-11-12-19(29)18(28)13-17/h4-13,31H,14H2,1-3H3,(H,32,33). The average molecular weight is 480 g/mol. The summed E-state index contributed by atoms with van der Waals surface area (Å²) in [4.78, 5) is 11.4. The maximum atomic E-state index is 14.0. The summed E-state index contributed by atoms with van der Waals surface area (Å²) >= 11 is 6.15. The smallest absolute Gasteiger partial charge is 0.335 e. The summed E-state index contributed by atoms with van der Waals surface area (Å²) in [5.41, 5.74) is 2.57. The molecule has 7 heteroatoms. The Morgan fingerprint density at radius 2 is 1.79 bits per heavy atom. The molecule has 0 saturated heterocycles. The molecule has 4 aromatic rings. The number of carboxylic acid groups (broad SMARTS) is 1. The second-order valence-corrected chi connectivity index (χ2v) is 9.82. The summed E-state index contributed by atoms with van der Waals surface area (Å²) < 4.78 is 22.5. The van der Waals surface area contributed by atoms with Gasteiger partial charge in [0.15, 0.2) is 0 Å². The molecule has 1 aliphatic heterocycles. The predicted molar refractivity (Wildman–Crippen MR) is 129 cm³/mol. The number of benzene rings is 3. The molecular weight excluding hydrogens is 457 g/mol. The number of aromatic carboxylic acids is 1. The third-order valence-electron chi connectivity index (χ3n) is 6.66. The SMILES string of the molecule is CC1(C)COC(C)(c2ccc(C(=O)O)cc2)c2c1n(-c1ccc(F)c(Cl)c1)c1cccc(O)c21. The molecule has 174 valence electrons. The van der Waals surface area contributed by atoms with Gasteiger partial charge in [0.2, 0.25) is 0 Å². The van der Waals surface area contributed by atoms with Crippen LogP contribution in [0, 0.1) is 5.82 Å². The fourth-order valence-electron chi connectivity index (χ4n) is 4.94. The number of ether oxygens (including phenoxy) is 1. The topological polar surface area (TPSA) is 71.7 Å². The van der Waals surface area contributed by atoms with Crippen LogP contribution in [0.2, 0.25) is 5.02 Å². The highest BCUT2D eigenvalue weighted by Gasteiger charge is 2.47. The number of aromatic nitrogens is 1. The van der Waals surface area contributed by atoms with Crippen LogP contribution in [0.15, 0.2) is 60.7 Å². The van der Waals surface area contributed by atoms with Crippen molar-refractivity contribution < 1.29 is 24.1 Å². The quantitative estimate of drug-likeness (QED) is 0.356. The molecule has 5 rings (SSSR count). The van der Waals surface area contributed by atoms with Crippen molar-refractivity contribution in [1.82, 2.24) is 4.57 Å². The zero-order chi connectivity index (χ0) is 24.4. The maximum Gasteiger partial charge on any atom is 0.335 e. The Morgan fingerprint density at radius 1 is 1.09 bits per heavy atom. The van der Waals surface area contributed by atoms with Crippen molar-refractivity contribution in [2.75, 3.05) is 6.61 Å². The molecule has 34 heavy (non-hydrogen) atoms. The molecule has 5 nitrogen and oxygen atoms in total. The van der Waals surface area contributed by atoms with E-state index in [4.69, 9.17) is 16.3 Å². The third kappa shape index (κ3) is 3.21. The van der Waals surface area contributed by atoms with Crippen LogP contribution >= 0.6 is 11.6 Å². The molecule has 1 aromatic heterocycles. The van der Waals surface area contributed by atoms with Crippen LogP contribution in [0.5, 0.6) is 5.75 Å². The average Bonchev–Trinajstić information content (AvgIpc) is 3.17. The molecule has 3 aromatic carbocycles. The van der Waals surface area contributed by atoms with E-state index < -0.39 is 22.8 Å². The van der Waals surface area contributed by atoms with Crippen LogP contribution < -0.4 is 0 Å². The van der Waals surface area contributed by atoms with Crippen LogP contribution in [-0.4, -0.2) is 27.4 Å². The molecule has 2 N–H and O–H groups in total. The van der Waals surface area contributed by atoms with E-state index in [1.54, 1.807) is 48.5 Å². The lowest BCUT2D eigenvalue weighted by Gasteiger charge is -2.43. The Bertz CT molecular complexity index is 1460. The van der Waals surface area contributed by atoms with E-state index in [9.17, 15) is 19.4 Å². The molecule has 0 saturated carbocycles. The van der Waals surface area contributed by atoms with Crippen molar-refractivity contribution in [3.8, 4) is 11.4 Å². The van der Waals surface area contributed by atoms with Gasteiger partial charge in [-0.05, 0) is 55.0 Å². The molecule has 0 radical (unpaired) electrons. The Kier molecular flexibility index (Phi) is 5.01. The Hall–Kier alpha value is -3.35. The highest BCUT2D eigenvalue weighted by molar-refractivity contribution is 6.30. The molecule has 2 heterocycles. The highest BCUT2D eigenvalue weighted by Crippen LogP contribution is 2.52. The van der Waals surface area contributed by atoms with Crippen LogP contribution in [0.25, 0.3) is 16.6 Å². The first kappa shape index (κ1) is 22.4. The predicted octanol–water partition coefficient (Wildman–Crippen LogP) is 6.40. The second kappa shape index (κ2) is 7.58. The third-order valence-corrected chi connectivity index (χ3v) is 6.95. The summed E-state index contributed by atoms with van der Waals surface area (Å²) in [5, 5.41) is 21.0. The zero-order valence-corrected chi connectivity index (χ0v) is 19.7. The molecular formula is C27H23ClFNO4. The van der Waals surface area contributed by atoms with Crippen LogP contribution in [0.3, 0.4) is 0 Å². The minimum atomic E-state index is -1.01. The molecule has 1 atom stereocenters. The number of phenolic OH excluding ortho intramolecular Hbond substituents is 1. The minimum Gasteiger partial charge on any atom is -0.507 e.